The number of methoxy groups -OCH3 is 2. The van der Waals surface area contributed by atoms with Gasteiger partial charge < -0.3 is 15.2 Å². The average Bonchev–Trinajstić information content (AvgIpc) is 2.17. The predicted octanol–water partition coefficient (Wildman–Crippen LogP) is 1.21. The Morgan fingerprint density at radius 3 is 2.69 bits per heavy atom. The molecular formula is C10H17NO2. The van der Waals surface area contributed by atoms with Gasteiger partial charge in [-0.05, 0) is 13.0 Å². The molecule has 3 heteroatoms. The Labute approximate surface area is 79.2 Å². The van der Waals surface area contributed by atoms with Crippen molar-refractivity contribution in [3.63, 3.8) is 0 Å². The third-order valence-corrected chi connectivity index (χ3v) is 2.52. The molecule has 3 nitrogen and oxygen atoms in total. The first-order valence-corrected chi connectivity index (χ1v) is 4.38. The number of rotatable bonds is 3. The van der Waals surface area contributed by atoms with E-state index in [1.54, 1.807) is 14.2 Å². The molecule has 0 aromatic carbocycles. The average molecular weight is 183 g/mol. The van der Waals surface area contributed by atoms with Crippen LogP contribution in [0.2, 0.25) is 0 Å². The second kappa shape index (κ2) is 3.94. The molecule has 0 aliphatic heterocycles. The summed E-state index contributed by atoms with van der Waals surface area (Å²) >= 11 is 0. The van der Waals surface area contributed by atoms with Gasteiger partial charge in [0.1, 0.15) is 5.60 Å². The van der Waals surface area contributed by atoms with Crippen LogP contribution >= 0.6 is 0 Å². The van der Waals surface area contributed by atoms with Crippen molar-refractivity contribution in [3.8, 4) is 0 Å². The van der Waals surface area contributed by atoms with Crippen LogP contribution in [0.4, 0.5) is 0 Å². The van der Waals surface area contributed by atoms with E-state index in [1.807, 2.05) is 25.2 Å². The molecule has 13 heavy (non-hydrogen) atoms. The van der Waals surface area contributed by atoms with Crippen molar-refractivity contribution < 1.29 is 9.47 Å². The minimum absolute atomic E-state index is 0.0485. The van der Waals surface area contributed by atoms with Crippen molar-refractivity contribution in [2.45, 2.75) is 25.0 Å². The fourth-order valence-corrected chi connectivity index (χ4v) is 1.49. The number of allylic oxidation sites excluding steroid dienone is 2. The standard InChI is InChI=1S/C10H17NO2/c1-8(11)10(13-3)6-4-5-9(7-10)12-2/h4-6,8H,7,11H2,1-3H3/t8-,10?/m0/s1. The Morgan fingerprint density at radius 2 is 2.23 bits per heavy atom. The highest BCUT2D eigenvalue weighted by molar-refractivity contribution is 5.24. The van der Waals surface area contributed by atoms with Gasteiger partial charge in [-0.3, -0.25) is 0 Å². The number of hydrogen-bond donors (Lipinski definition) is 1. The van der Waals surface area contributed by atoms with Crippen LogP contribution in [0.15, 0.2) is 24.0 Å². The van der Waals surface area contributed by atoms with E-state index >= 15 is 0 Å². The van der Waals surface area contributed by atoms with Crippen LogP contribution in [0.3, 0.4) is 0 Å². The SMILES string of the molecule is COC1=CC=CC(OC)([C@H](C)N)C1. The van der Waals surface area contributed by atoms with Gasteiger partial charge in [-0.2, -0.15) is 0 Å². The molecule has 0 bridgehead atoms. The van der Waals surface area contributed by atoms with Crippen molar-refractivity contribution in [2.75, 3.05) is 14.2 Å². The zero-order valence-electron chi connectivity index (χ0n) is 8.41. The van der Waals surface area contributed by atoms with Gasteiger partial charge in [0.25, 0.3) is 0 Å². The van der Waals surface area contributed by atoms with Crippen LogP contribution in [0.25, 0.3) is 0 Å². The van der Waals surface area contributed by atoms with Crippen molar-refractivity contribution in [1.29, 1.82) is 0 Å². The first-order valence-electron chi connectivity index (χ1n) is 4.38. The van der Waals surface area contributed by atoms with E-state index in [1.165, 1.54) is 0 Å². The van der Waals surface area contributed by atoms with Crippen molar-refractivity contribution >= 4 is 0 Å². The fourth-order valence-electron chi connectivity index (χ4n) is 1.49. The maximum Gasteiger partial charge on any atom is 0.108 e. The second-order valence-electron chi connectivity index (χ2n) is 3.32. The lowest BCUT2D eigenvalue weighted by Crippen LogP contribution is -2.47. The highest BCUT2D eigenvalue weighted by Crippen LogP contribution is 2.28. The van der Waals surface area contributed by atoms with Gasteiger partial charge in [-0.15, -0.1) is 0 Å². The van der Waals surface area contributed by atoms with Gasteiger partial charge in [0.15, 0.2) is 0 Å². The topological polar surface area (TPSA) is 44.5 Å². The molecule has 0 aromatic rings. The maximum atomic E-state index is 5.87. The highest BCUT2D eigenvalue weighted by Gasteiger charge is 2.34. The lowest BCUT2D eigenvalue weighted by Gasteiger charge is -2.35. The summed E-state index contributed by atoms with van der Waals surface area (Å²) < 4.78 is 10.6. The van der Waals surface area contributed by atoms with Crippen LogP contribution in [0.1, 0.15) is 13.3 Å². The molecule has 1 rings (SSSR count). The zero-order chi connectivity index (χ0) is 9.90. The largest absolute Gasteiger partial charge is 0.501 e. The third kappa shape index (κ3) is 1.92. The van der Waals surface area contributed by atoms with E-state index in [9.17, 15) is 0 Å². The molecule has 0 saturated carbocycles. The summed E-state index contributed by atoms with van der Waals surface area (Å²) in [4.78, 5) is 0. The lowest BCUT2D eigenvalue weighted by atomic mass is 9.87. The highest BCUT2D eigenvalue weighted by atomic mass is 16.5. The normalized spacial score (nSPS) is 29.7. The molecule has 0 radical (unpaired) electrons. The van der Waals surface area contributed by atoms with E-state index in [-0.39, 0.29) is 6.04 Å². The summed E-state index contributed by atoms with van der Waals surface area (Å²) in [6.07, 6.45) is 6.54. The number of hydrogen-bond acceptors (Lipinski definition) is 3. The number of nitrogens with two attached hydrogens (primary N) is 1. The van der Waals surface area contributed by atoms with Gasteiger partial charge in [-0.25, -0.2) is 0 Å². The lowest BCUT2D eigenvalue weighted by molar-refractivity contribution is 0.00363. The predicted molar refractivity (Wildman–Crippen MR) is 52.2 cm³/mol. The van der Waals surface area contributed by atoms with Crippen molar-refractivity contribution in [3.05, 3.63) is 24.0 Å². The Kier molecular flexibility index (Phi) is 3.12. The molecule has 0 heterocycles. The molecule has 1 aliphatic rings. The molecule has 74 valence electrons. The molecule has 2 N–H and O–H groups in total. The fraction of sp³-hybridized carbons (Fsp3) is 0.600. The Bertz CT molecular complexity index is 233. The van der Waals surface area contributed by atoms with Crippen LogP contribution in [-0.2, 0) is 9.47 Å². The zero-order valence-corrected chi connectivity index (χ0v) is 8.41. The van der Waals surface area contributed by atoms with E-state index < -0.39 is 5.60 Å². The molecule has 0 amide bonds. The second-order valence-corrected chi connectivity index (χ2v) is 3.32. The van der Waals surface area contributed by atoms with Crippen LogP contribution < -0.4 is 5.73 Å². The van der Waals surface area contributed by atoms with Gasteiger partial charge >= 0.3 is 0 Å². The molecule has 2 atom stereocenters. The quantitative estimate of drug-likeness (QED) is 0.715. The van der Waals surface area contributed by atoms with E-state index in [0.717, 1.165) is 5.76 Å². The van der Waals surface area contributed by atoms with Crippen LogP contribution in [0, 0.1) is 0 Å². The maximum absolute atomic E-state index is 5.87. The molecule has 0 saturated heterocycles. The summed E-state index contributed by atoms with van der Waals surface area (Å²) in [6.45, 7) is 1.94. The Hall–Kier alpha value is -0.800. The Morgan fingerprint density at radius 1 is 1.54 bits per heavy atom. The molecule has 0 fully saturated rings. The van der Waals surface area contributed by atoms with E-state index in [4.69, 9.17) is 15.2 Å². The summed E-state index contributed by atoms with van der Waals surface area (Å²) in [5.74, 6) is 0.904. The van der Waals surface area contributed by atoms with Crippen molar-refractivity contribution in [2.24, 2.45) is 5.73 Å². The first-order chi connectivity index (χ1) is 6.14. The minimum Gasteiger partial charge on any atom is -0.501 e. The summed E-state index contributed by atoms with van der Waals surface area (Å²) in [5.41, 5.74) is 5.47. The summed E-state index contributed by atoms with van der Waals surface area (Å²) in [6, 6.07) is -0.0485. The van der Waals surface area contributed by atoms with Crippen molar-refractivity contribution in [1.82, 2.24) is 0 Å². The third-order valence-electron chi connectivity index (χ3n) is 2.52. The molecular weight excluding hydrogens is 166 g/mol. The van der Waals surface area contributed by atoms with Crippen LogP contribution in [-0.4, -0.2) is 25.9 Å². The van der Waals surface area contributed by atoms with Gasteiger partial charge in [0.05, 0.1) is 12.9 Å². The summed E-state index contributed by atoms with van der Waals surface area (Å²) in [7, 11) is 3.33. The molecule has 1 aliphatic carbocycles. The van der Waals surface area contributed by atoms with Gasteiger partial charge in [0, 0.05) is 19.6 Å². The van der Waals surface area contributed by atoms with E-state index in [2.05, 4.69) is 0 Å². The van der Waals surface area contributed by atoms with Gasteiger partial charge in [-0.1, -0.05) is 12.2 Å². The Balaban J connectivity index is 2.83. The monoisotopic (exact) mass is 183 g/mol. The van der Waals surface area contributed by atoms with E-state index in [0.29, 0.717) is 6.42 Å². The molecule has 0 spiro atoms. The number of ether oxygens (including phenoxy) is 2. The van der Waals surface area contributed by atoms with Gasteiger partial charge in [0.2, 0.25) is 0 Å². The minimum atomic E-state index is -0.403. The summed E-state index contributed by atoms with van der Waals surface area (Å²) in [5, 5.41) is 0. The smallest absolute Gasteiger partial charge is 0.108 e. The van der Waals surface area contributed by atoms with Crippen LogP contribution in [0.5, 0.6) is 0 Å². The first kappa shape index (κ1) is 10.3. The molecule has 0 aromatic heterocycles. The molecule has 1 unspecified atom stereocenters.